The van der Waals surface area contributed by atoms with E-state index in [2.05, 4.69) is 4.74 Å². The van der Waals surface area contributed by atoms with Crippen molar-refractivity contribution >= 4 is 18.1 Å². The Hall–Kier alpha value is -2.19. The van der Waals surface area contributed by atoms with Gasteiger partial charge in [0.05, 0.1) is 12.3 Å². The molecule has 0 saturated heterocycles. The molecule has 0 radical (unpaired) electrons. The van der Waals surface area contributed by atoms with Gasteiger partial charge in [-0.1, -0.05) is 0 Å². The Kier molecular flexibility index (Phi) is 5.88. The molecule has 1 aromatic rings. The molecule has 20 heavy (non-hydrogen) atoms. The third-order valence-corrected chi connectivity index (χ3v) is 2.22. The fourth-order valence-corrected chi connectivity index (χ4v) is 1.49. The van der Waals surface area contributed by atoms with Gasteiger partial charge >= 0.3 is 5.97 Å². The minimum atomic E-state index is -1.46. The second-order valence-corrected chi connectivity index (χ2v) is 3.48. The van der Waals surface area contributed by atoms with Crippen LogP contribution in [0.2, 0.25) is 0 Å². The van der Waals surface area contributed by atoms with Gasteiger partial charge in [0.1, 0.15) is 5.56 Å². The van der Waals surface area contributed by atoms with E-state index in [4.69, 9.17) is 9.57 Å². The van der Waals surface area contributed by atoms with Crippen molar-refractivity contribution in [3.8, 4) is 5.75 Å². The molecule has 8 heteroatoms. The third-order valence-electron chi connectivity index (χ3n) is 2.22. The summed E-state index contributed by atoms with van der Waals surface area (Å²) in [7, 11) is 1.31. The normalized spacial score (nSPS) is 10.2. The van der Waals surface area contributed by atoms with Gasteiger partial charge in [-0.15, -0.1) is 0 Å². The highest BCUT2D eigenvalue weighted by molar-refractivity contribution is 5.99. The van der Waals surface area contributed by atoms with E-state index in [1.165, 1.54) is 7.11 Å². The number of carbonyl (C=O) groups excluding carboxylic acids is 1. The lowest BCUT2D eigenvalue weighted by Gasteiger charge is -2.20. The lowest BCUT2D eigenvalue weighted by atomic mass is 10.1. The van der Waals surface area contributed by atoms with Crippen molar-refractivity contribution in [3.05, 3.63) is 23.5 Å². The van der Waals surface area contributed by atoms with E-state index in [0.717, 1.165) is 12.1 Å². The Morgan fingerprint density at radius 2 is 2.20 bits per heavy atom. The average Bonchev–Trinajstić information content (AvgIpc) is 2.43. The number of benzene rings is 1. The maximum absolute atomic E-state index is 13.7. The fourth-order valence-electron chi connectivity index (χ4n) is 1.49. The Morgan fingerprint density at radius 1 is 1.50 bits per heavy atom. The second-order valence-electron chi connectivity index (χ2n) is 3.48. The summed E-state index contributed by atoms with van der Waals surface area (Å²) in [6, 6.07) is 2.09. The highest BCUT2D eigenvalue weighted by Crippen LogP contribution is 2.32. The number of hydrogen-bond acceptors (Lipinski definition) is 5. The monoisotopic (exact) mass is 287 g/mol. The van der Waals surface area contributed by atoms with Gasteiger partial charge in [-0.05, 0) is 19.1 Å². The number of methoxy groups -OCH3 is 1. The summed E-state index contributed by atoms with van der Waals surface area (Å²) < 4.78 is 23.2. The summed E-state index contributed by atoms with van der Waals surface area (Å²) in [6.45, 7) is 1.41. The summed E-state index contributed by atoms with van der Waals surface area (Å²) >= 11 is 0. The highest BCUT2D eigenvalue weighted by atomic mass is 19.1. The van der Waals surface area contributed by atoms with E-state index < -0.39 is 23.1 Å². The molecule has 0 aliphatic heterocycles. The van der Waals surface area contributed by atoms with Crippen LogP contribution in [-0.2, 0) is 14.4 Å². The lowest BCUT2D eigenvalue weighted by molar-refractivity contribution is -0.113. The van der Waals surface area contributed by atoms with Gasteiger partial charge < -0.3 is 14.6 Å². The summed E-state index contributed by atoms with van der Waals surface area (Å²) in [5.74, 6) is -2.87. The molecule has 0 unspecified atom stereocenters. The number of rotatable bonds is 8. The van der Waals surface area contributed by atoms with Crippen molar-refractivity contribution in [3.63, 3.8) is 0 Å². The number of carboxylic acid groups (broad SMARTS) is 1. The molecule has 0 spiro atoms. The Labute approximate surface area is 114 Å². The van der Waals surface area contributed by atoms with Crippen LogP contribution in [0.5, 0.6) is 5.75 Å². The van der Waals surface area contributed by atoms with E-state index in [0.29, 0.717) is 5.06 Å². The summed E-state index contributed by atoms with van der Waals surface area (Å²) in [5.41, 5.74) is -0.663. The van der Waals surface area contributed by atoms with Crippen LogP contribution in [0.4, 0.5) is 10.1 Å². The lowest BCUT2D eigenvalue weighted by Crippen LogP contribution is -2.24. The molecule has 7 nitrogen and oxygen atoms in total. The van der Waals surface area contributed by atoms with Crippen LogP contribution < -0.4 is 9.80 Å². The Morgan fingerprint density at radius 3 is 2.70 bits per heavy atom. The van der Waals surface area contributed by atoms with Crippen LogP contribution in [0.25, 0.3) is 0 Å². The van der Waals surface area contributed by atoms with Crippen molar-refractivity contribution in [1.29, 1.82) is 0 Å². The van der Waals surface area contributed by atoms with Crippen molar-refractivity contribution in [1.82, 2.24) is 0 Å². The summed E-state index contributed by atoms with van der Waals surface area (Å²) in [5, 5.41) is 9.89. The molecular weight excluding hydrogens is 273 g/mol. The molecule has 0 fully saturated rings. The van der Waals surface area contributed by atoms with Crippen LogP contribution in [-0.4, -0.2) is 38.0 Å². The number of halogens is 1. The van der Waals surface area contributed by atoms with Crippen LogP contribution in [0.15, 0.2) is 12.1 Å². The molecule has 0 saturated carbocycles. The molecule has 1 amide bonds. The number of carboxylic acids is 1. The number of aromatic carboxylic acids is 1. The van der Waals surface area contributed by atoms with Gasteiger partial charge in [0.25, 0.3) is 0 Å². The van der Waals surface area contributed by atoms with Crippen LogP contribution in [0.3, 0.4) is 0 Å². The zero-order valence-electron chi connectivity index (χ0n) is 11.0. The van der Waals surface area contributed by atoms with Crippen molar-refractivity contribution < 1.29 is 33.4 Å². The van der Waals surface area contributed by atoms with Gasteiger partial charge in [0, 0.05) is 7.11 Å². The first-order valence-corrected chi connectivity index (χ1v) is 5.61. The van der Waals surface area contributed by atoms with E-state index >= 15 is 0 Å². The number of hydrogen-bond donors (Lipinski definition) is 1. The van der Waals surface area contributed by atoms with E-state index in [9.17, 15) is 19.1 Å². The second kappa shape index (κ2) is 7.41. The minimum Gasteiger partial charge on any atom is -0.477 e. The molecule has 0 aromatic heterocycles. The van der Waals surface area contributed by atoms with E-state index in [1.807, 2.05) is 0 Å². The quantitative estimate of drug-likeness (QED) is 0.442. The molecular formula is C12H14FNO6. The van der Waals surface area contributed by atoms with Gasteiger partial charge in [-0.2, -0.15) is 5.06 Å². The molecule has 0 aliphatic rings. The highest BCUT2D eigenvalue weighted by Gasteiger charge is 2.25. The summed E-state index contributed by atoms with van der Waals surface area (Å²) in [6.07, 6.45) is 0.281. The number of anilines is 1. The number of nitrogens with zero attached hydrogens (tertiary/aromatic N) is 1. The standard InChI is InChI=1S/C12H14FNO6/c1-3-20-14(6-15)9-5-4-8(13)11(19-7-18-2)10(9)12(16)17/h4-6H,3,7H2,1-2H3,(H,16,17). The first-order valence-electron chi connectivity index (χ1n) is 5.61. The minimum absolute atomic E-state index is 0.128. The average molecular weight is 287 g/mol. The van der Waals surface area contributed by atoms with Gasteiger partial charge in [0.15, 0.2) is 18.4 Å². The zero-order valence-corrected chi connectivity index (χ0v) is 11.0. The SMILES string of the molecule is CCON(C=O)c1ccc(F)c(OCOC)c1C(=O)O. The largest absolute Gasteiger partial charge is 0.477 e. The number of amides is 1. The van der Waals surface area contributed by atoms with Gasteiger partial charge in [0.2, 0.25) is 6.41 Å². The zero-order chi connectivity index (χ0) is 15.1. The van der Waals surface area contributed by atoms with E-state index in [1.54, 1.807) is 6.92 Å². The Bertz CT molecular complexity index is 493. The van der Waals surface area contributed by atoms with Gasteiger partial charge in [-0.25, -0.2) is 9.18 Å². The number of hydroxylamine groups is 1. The van der Waals surface area contributed by atoms with Crippen molar-refractivity contribution in [2.45, 2.75) is 6.92 Å². The first kappa shape index (κ1) is 15.9. The number of ether oxygens (including phenoxy) is 2. The van der Waals surface area contributed by atoms with Crippen LogP contribution >= 0.6 is 0 Å². The van der Waals surface area contributed by atoms with Crippen molar-refractivity contribution in [2.24, 2.45) is 0 Å². The maximum Gasteiger partial charge on any atom is 0.341 e. The van der Waals surface area contributed by atoms with Crippen LogP contribution in [0, 0.1) is 5.82 Å². The molecule has 1 rings (SSSR count). The predicted octanol–water partition coefficient (Wildman–Crippen LogP) is 1.42. The molecule has 0 atom stereocenters. The van der Waals surface area contributed by atoms with Crippen LogP contribution in [0.1, 0.15) is 17.3 Å². The molecule has 1 aromatic carbocycles. The third kappa shape index (κ3) is 3.43. The summed E-state index contributed by atoms with van der Waals surface area (Å²) in [4.78, 5) is 27.2. The smallest absolute Gasteiger partial charge is 0.341 e. The maximum atomic E-state index is 13.7. The van der Waals surface area contributed by atoms with Crippen molar-refractivity contribution in [2.75, 3.05) is 25.6 Å². The molecule has 1 N–H and O–H groups in total. The van der Waals surface area contributed by atoms with Gasteiger partial charge in [-0.3, -0.25) is 9.63 Å². The Balaban J connectivity index is 3.36. The molecule has 110 valence electrons. The topological polar surface area (TPSA) is 85.3 Å². The number of carbonyl (C=O) groups is 2. The first-order chi connectivity index (χ1) is 9.56. The molecule has 0 aliphatic carbocycles. The molecule has 0 bridgehead atoms. The molecule has 0 heterocycles. The van der Waals surface area contributed by atoms with E-state index in [-0.39, 0.29) is 25.5 Å². The predicted molar refractivity (Wildman–Crippen MR) is 66.0 cm³/mol. The fraction of sp³-hybridized carbons (Fsp3) is 0.333.